The predicted molar refractivity (Wildman–Crippen MR) is 110 cm³/mol. The first-order valence-electron chi connectivity index (χ1n) is 9.16. The molecule has 150 valence electrons. The van der Waals surface area contributed by atoms with Gasteiger partial charge in [0.1, 0.15) is 5.41 Å². The summed E-state index contributed by atoms with van der Waals surface area (Å²) in [7, 11) is 0. The molecule has 3 rings (SSSR count). The summed E-state index contributed by atoms with van der Waals surface area (Å²) >= 11 is 0. The van der Waals surface area contributed by atoms with Gasteiger partial charge in [-0.05, 0) is 61.7 Å². The van der Waals surface area contributed by atoms with Crippen molar-refractivity contribution < 1.29 is 19.8 Å². The molecule has 29 heavy (non-hydrogen) atoms. The minimum Gasteiger partial charge on any atom is -0.481 e. The predicted octanol–water partition coefficient (Wildman–Crippen LogP) is 4.05. The molecule has 3 N–H and O–H groups in total. The molecular formula is C22H23N3O4. The van der Waals surface area contributed by atoms with Gasteiger partial charge in [0.25, 0.3) is 0 Å². The number of anilines is 2. The number of hydrogen-bond donors (Lipinski definition) is 3. The first kappa shape index (κ1) is 20.1. The van der Waals surface area contributed by atoms with Gasteiger partial charge in [0.15, 0.2) is 5.82 Å². The summed E-state index contributed by atoms with van der Waals surface area (Å²) in [6, 6.07) is 15.2. The molecule has 0 aliphatic carbocycles. The number of aromatic nitrogens is 2. The van der Waals surface area contributed by atoms with Crippen molar-refractivity contribution in [2.45, 2.75) is 32.6 Å². The number of carbonyl (C=O) groups is 2. The van der Waals surface area contributed by atoms with Gasteiger partial charge in [0.2, 0.25) is 0 Å². The zero-order valence-electron chi connectivity index (χ0n) is 16.5. The molecule has 1 unspecified atom stereocenters. The molecule has 0 saturated carbocycles. The molecule has 0 aliphatic heterocycles. The SMILES string of the molecule is Cc1cc(Nc2ccn(-c3ccccc3)n2)cc(C)c1C(C)(CC(=O)O)C(=O)O. The van der Waals surface area contributed by atoms with Crippen LogP contribution in [-0.4, -0.2) is 31.9 Å². The Morgan fingerprint density at radius 2 is 1.69 bits per heavy atom. The molecule has 0 aliphatic rings. The van der Waals surface area contributed by atoms with Gasteiger partial charge < -0.3 is 15.5 Å². The summed E-state index contributed by atoms with van der Waals surface area (Å²) in [6.07, 6.45) is 1.36. The molecule has 0 fully saturated rings. The van der Waals surface area contributed by atoms with E-state index in [1.54, 1.807) is 18.5 Å². The van der Waals surface area contributed by atoms with Crippen molar-refractivity contribution >= 4 is 23.4 Å². The van der Waals surface area contributed by atoms with Crippen molar-refractivity contribution in [2.24, 2.45) is 0 Å². The van der Waals surface area contributed by atoms with Crippen LogP contribution in [0.2, 0.25) is 0 Å². The molecule has 0 bridgehead atoms. The second-order valence-electron chi connectivity index (χ2n) is 7.30. The van der Waals surface area contributed by atoms with Crippen molar-refractivity contribution in [2.75, 3.05) is 5.32 Å². The first-order valence-corrected chi connectivity index (χ1v) is 9.16. The maximum atomic E-state index is 11.9. The largest absolute Gasteiger partial charge is 0.481 e. The lowest BCUT2D eigenvalue weighted by Gasteiger charge is -2.28. The van der Waals surface area contributed by atoms with Crippen molar-refractivity contribution in [1.82, 2.24) is 9.78 Å². The number of nitrogens with zero attached hydrogens (tertiary/aromatic N) is 2. The summed E-state index contributed by atoms with van der Waals surface area (Å²) in [5.74, 6) is -1.66. The Kier molecular flexibility index (Phi) is 5.41. The van der Waals surface area contributed by atoms with Crippen LogP contribution in [0.15, 0.2) is 54.7 Å². The standard InChI is InChI=1S/C22H23N3O4/c1-14-11-16(12-15(2)20(14)22(3,21(28)29)13-19(26)27)23-18-9-10-25(24-18)17-7-5-4-6-8-17/h4-12H,13H2,1-3H3,(H,23,24)(H,26,27)(H,28,29). The van der Waals surface area contributed by atoms with Gasteiger partial charge in [0.05, 0.1) is 12.1 Å². The molecule has 3 aromatic rings. The van der Waals surface area contributed by atoms with Gasteiger partial charge in [-0.2, -0.15) is 5.10 Å². The maximum Gasteiger partial charge on any atom is 0.314 e. The van der Waals surface area contributed by atoms with E-state index >= 15 is 0 Å². The van der Waals surface area contributed by atoms with Crippen molar-refractivity contribution in [3.05, 3.63) is 71.4 Å². The third-order valence-corrected chi connectivity index (χ3v) is 4.94. The minimum atomic E-state index is -1.51. The molecule has 2 aromatic carbocycles. The highest BCUT2D eigenvalue weighted by Gasteiger charge is 2.40. The van der Waals surface area contributed by atoms with E-state index in [9.17, 15) is 19.8 Å². The average molecular weight is 393 g/mol. The van der Waals surface area contributed by atoms with E-state index in [0.717, 1.165) is 11.4 Å². The van der Waals surface area contributed by atoms with Crippen LogP contribution >= 0.6 is 0 Å². The van der Waals surface area contributed by atoms with Crippen molar-refractivity contribution in [3.8, 4) is 5.69 Å². The molecule has 0 amide bonds. The minimum absolute atomic E-state index is 0.488. The second kappa shape index (κ2) is 7.79. The molecular weight excluding hydrogens is 370 g/mol. The Morgan fingerprint density at radius 3 is 2.24 bits per heavy atom. The molecule has 1 atom stereocenters. The highest BCUT2D eigenvalue weighted by atomic mass is 16.4. The van der Waals surface area contributed by atoms with Crippen LogP contribution in [0.5, 0.6) is 0 Å². The topological polar surface area (TPSA) is 104 Å². The highest BCUT2D eigenvalue weighted by Crippen LogP contribution is 2.35. The molecule has 7 heteroatoms. The summed E-state index contributed by atoms with van der Waals surface area (Å²) in [4.78, 5) is 23.1. The van der Waals surface area contributed by atoms with Crippen molar-refractivity contribution in [1.29, 1.82) is 0 Å². The Hall–Kier alpha value is -3.61. The fraction of sp³-hybridized carbons (Fsp3) is 0.227. The van der Waals surface area contributed by atoms with Crippen molar-refractivity contribution in [3.63, 3.8) is 0 Å². The van der Waals surface area contributed by atoms with Gasteiger partial charge in [-0.3, -0.25) is 9.59 Å². The summed E-state index contributed by atoms with van der Waals surface area (Å²) in [5.41, 5.74) is 2.13. The van der Waals surface area contributed by atoms with E-state index in [0.29, 0.717) is 22.5 Å². The summed E-state index contributed by atoms with van der Waals surface area (Å²) in [5, 5.41) is 26.6. The normalized spacial score (nSPS) is 12.9. The lowest BCUT2D eigenvalue weighted by molar-refractivity contribution is -0.149. The van der Waals surface area contributed by atoms with Gasteiger partial charge in [-0.15, -0.1) is 0 Å². The van der Waals surface area contributed by atoms with Crippen LogP contribution in [0, 0.1) is 13.8 Å². The van der Waals surface area contributed by atoms with E-state index in [1.165, 1.54) is 6.92 Å². The third kappa shape index (κ3) is 4.13. The lowest BCUT2D eigenvalue weighted by atomic mass is 9.75. The number of benzene rings is 2. The fourth-order valence-corrected chi connectivity index (χ4v) is 3.74. The van der Waals surface area contributed by atoms with Crippen LogP contribution in [0.1, 0.15) is 30.0 Å². The van der Waals surface area contributed by atoms with E-state index in [-0.39, 0.29) is 0 Å². The van der Waals surface area contributed by atoms with Crippen LogP contribution in [-0.2, 0) is 15.0 Å². The Balaban J connectivity index is 1.91. The van der Waals surface area contributed by atoms with E-state index in [2.05, 4.69) is 10.4 Å². The molecule has 0 radical (unpaired) electrons. The Morgan fingerprint density at radius 1 is 1.07 bits per heavy atom. The fourth-order valence-electron chi connectivity index (χ4n) is 3.74. The van der Waals surface area contributed by atoms with E-state index in [4.69, 9.17) is 0 Å². The molecule has 1 aromatic heterocycles. The van der Waals surface area contributed by atoms with Gasteiger partial charge in [-0.1, -0.05) is 18.2 Å². The lowest BCUT2D eigenvalue weighted by Crippen LogP contribution is -2.36. The number of aliphatic carboxylic acids is 2. The smallest absolute Gasteiger partial charge is 0.314 e. The number of nitrogens with one attached hydrogen (secondary N) is 1. The molecule has 0 spiro atoms. The average Bonchev–Trinajstić information content (AvgIpc) is 3.09. The quantitative estimate of drug-likeness (QED) is 0.559. The van der Waals surface area contributed by atoms with E-state index in [1.807, 2.05) is 54.7 Å². The van der Waals surface area contributed by atoms with Crippen LogP contribution in [0.3, 0.4) is 0 Å². The molecule has 7 nitrogen and oxygen atoms in total. The van der Waals surface area contributed by atoms with Gasteiger partial charge >= 0.3 is 11.9 Å². The van der Waals surface area contributed by atoms with Crippen LogP contribution < -0.4 is 5.32 Å². The first-order chi connectivity index (χ1) is 13.7. The van der Waals surface area contributed by atoms with E-state index < -0.39 is 23.8 Å². The maximum absolute atomic E-state index is 11.9. The number of para-hydroxylation sites is 1. The second-order valence-corrected chi connectivity index (χ2v) is 7.30. The number of carboxylic acid groups (broad SMARTS) is 2. The monoisotopic (exact) mass is 393 g/mol. The summed E-state index contributed by atoms with van der Waals surface area (Å²) in [6.45, 7) is 5.03. The van der Waals surface area contributed by atoms with Crippen LogP contribution in [0.25, 0.3) is 5.69 Å². The molecule has 0 saturated heterocycles. The number of aryl methyl sites for hydroxylation is 2. The molecule has 1 heterocycles. The highest BCUT2D eigenvalue weighted by molar-refractivity contribution is 5.87. The Labute approximate surface area is 168 Å². The number of carboxylic acids is 2. The number of rotatable bonds is 7. The van der Waals surface area contributed by atoms with Crippen LogP contribution in [0.4, 0.5) is 11.5 Å². The summed E-state index contributed by atoms with van der Waals surface area (Å²) < 4.78 is 1.75. The zero-order chi connectivity index (χ0) is 21.2. The van der Waals surface area contributed by atoms with Gasteiger partial charge in [-0.25, -0.2) is 4.68 Å². The number of hydrogen-bond acceptors (Lipinski definition) is 4. The third-order valence-electron chi connectivity index (χ3n) is 4.94. The Bertz CT molecular complexity index is 1040. The zero-order valence-corrected chi connectivity index (χ0v) is 16.5. The van der Waals surface area contributed by atoms with Gasteiger partial charge in [0, 0.05) is 18.0 Å².